The van der Waals surface area contributed by atoms with Gasteiger partial charge in [0.25, 0.3) is 0 Å². The third-order valence-electron chi connectivity index (χ3n) is 4.27. The molecule has 6 nitrogen and oxygen atoms in total. The van der Waals surface area contributed by atoms with Crippen LogP contribution < -0.4 is 9.80 Å². The van der Waals surface area contributed by atoms with Crippen molar-refractivity contribution < 1.29 is 0 Å². The van der Waals surface area contributed by atoms with Crippen LogP contribution in [0.5, 0.6) is 0 Å². The van der Waals surface area contributed by atoms with Gasteiger partial charge >= 0.3 is 0 Å². The van der Waals surface area contributed by atoms with E-state index < -0.39 is 0 Å². The predicted octanol–water partition coefficient (Wildman–Crippen LogP) is 2.64. The number of aryl methyl sites for hydroxylation is 2. The number of halogens is 1. The highest BCUT2D eigenvalue weighted by atomic mass is 35.5. The summed E-state index contributed by atoms with van der Waals surface area (Å²) in [4.78, 5) is 21.6. The summed E-state index contributed by atoms with van der Waals surface area (Å²) in [5.41, 5.74) is 1.01. The second kappa shape index (κ2) is 6.66. The third kappa shape index (κ3) is 3.52. The number of anilines is 2. The Balaban J connectivity index is 1.67. The van der Waals surface area contributed by atoms with E-state index in [0.29, 0.717) is 11.1 Å². The van der Waals surface area contributed by atoms with Crippen molar-refractivity contribution in [1.82, 2.24) is 19.9 Å². The van der Waals surface area contributed by atoms with Crippen LogP contribution in [0.25, 0.3) is 0 Å². The van der Waals surface area contributed by atoms with Gasteiger partial charge in [-0.05, 0) is 26.7 Å². The average Bonchev–Trinajstić information content (AvgIpc) is 2.54. The number of hydrogen-bond acceptors (Lipinski definition) is 6. The van der Waals surface area contributed by atoms with Crippen molar-refractivity contribution in [2.75, 3.05) is 29.9 Å². The maximum atomic E-state index is 6.20. The van der Waals surface area contributed by atoms with Crippen LogP contribution in [-0.2, 0) is 0 Å². The summed E-state index contributed by atoms with van der Waals surface area (Å²) in [6.45, 7) is 5.88. The first kappa shape index (κ1) is 15.9. The zero-order valence-corrected chi connectivity index (χ0v) is 14.5. The Bertz CT molecular complexity index is 664. The van der Waals surface area contributed by atoms with Crippen molar-refractivity contribution in [3.8, 4) is 0 Å². The fourth-order valence-corrected chi connectivity index (χ4v) is 3.32. The van der Waals surface area contributed by atoms with Crippen molar-refractivity contribution in [2.24, 2.45) is 0 Å². The molecule has 1 saturated heterocycles. The van der Waals surface area contributed by atoms with Gasteiger partial charge in [-0.25, -0.2) is 19.9 Å². The first-order valence-corrected chi connectivity index (χ1v) is 8.18. The Labute approximate surface area is 141 Å². The molecule has 0 unspecified atom stereocenters. The molecule has 2 aromatic rings. The summed E-state index contributed by atoms with van der Waals surface area (Å²) < 4.78 is 0. The van der Waals surface area contributed by atoms with Gasteiger partial charge in [0.1, 0.15) is 23.0 Å². The highest BCUT2D eigenvalue weighted by molar-refractivity contribution is 6.32. The molecule has 1 aliphatic rings. The fraction of sp³-hybridized carbons (Fsp3) is 0.500. The largest absolute Gasteiger partial charge is 0.356 e. The molecule has 3 rings (SSSR count). The van der Waals surface area contributed by atoms with Crippen molar-refractivity contribution in [3.63, 3.8) is 0 Å². The van der Waals surface area contributed by atoms with Crippen molar-refractivity contribution in [1.29, 1.82) is 0 Å². The van der Waals surface area contributed by atoms with E-state index in [4.69, 9.17) is 11.6 Å². The zero-order valence-electron chi connectivity index (χ0n) is 13.7. The molecular weight excluding hydrogens is 312 g/mol. The normalized spacial score (nSPS) is 15.7. The van der Waals surface area contributed by atoms with Crippen LogP contribution in [0, 0.1) is 13.8 Å². The summed E-state index contributed by atoms with van der Waals surface area (Å²) in [6, 6.07) is 2.47. The minimum Gasteiger partial charge on any atom is -0.356 e. The van der Waals surface area contributed by atoms with E-state index in [1.165, 1.54) is 0 Å². The highest BCUT2D eigenvalue weighted by Crippen LogP contribution is 2.27. The lowest BCUT2D eigenvalue weighted by molar-refractivity contribution is 0.477. The van der Waals surface area contributed by atoms with Crippen LogP contribution in [0.1, 0.15) is 24.4 Å². The maximum absolute atomic E-state index is 6.20. The Kier molecular flexibility index (Phi) is 4.61. The van der Waals surface area contributed by atoms with Gasteiger partial charge in [0.05, 0.1) is 6.20 Å². The molecule has 0 N–H and O–H groups in total. The van der Waals surface area contributed by atoms with E-state index >= 15 is 0 Å². The lowest BCUT2D eigenvalue weighted by Gasteiger charge is -2.38. The Morgan fingerprint density at radius 1 is 1.22 bits per heavy atom. The Morgan fingerprint density at radius 2 is 1.96 bits per heavy atom. The predicted molar refractivity (Wildman–Crippen MR) is 92.2 cm³/mol. The number of hydrogen-bond donors (Lipinski definition) is 0. The van der Waals surface area contributed by atoms with Gasteiger partial charge in [0.2, 0.25) is 0 Å². The zero-order chi connectivity index (χ0) is 16.4. The van der Waals surface area contributed by atoms with E-state index in [2.05, 4.69) is 35.8 Å². The van der Waals surface area contributed by atoms with E-state index in [1.54, 1.807) is 12.5 Å². The van der Waals surface area contributed by atoms with Gasteiger partial charge in [-0.1, -0.05) is 11.6 Å². The van der Waals surface area contributed by atoms with Gasteiger partial charge in [-0.15, -0.1) is 0 Å². The second-order valence-corrected chi connectivity index (χ2v) is 6.35. The van der Waals surface area contributed by atoms with Crippen LogP contribution in [0.15, 0.2) is 18.6 Å². The van der Waals surface area contributed by atoms with Gasteiger partial charge in [-0.3, -0.25) is 0 Å². The summed E-state index contributed by atoms with van der Waals surface area (Å²) >= 11 is 6.20. The van der Waals surface area contributed by atoms with Crippen LogP contribution in [-0.4, -0.2) is 46.1 Å². The number of rotatable bonds is 3. The third-order valence-corrected chi connectivity index (χ3v) is 4.54. The standard InChI is InChI=1S/C16H21ClN6/c1-11-8-15(21-12(2)20-11)23-6-4-13(5-7-23)22(3)16-14(17)9-18-10-19-16/h8-10,13H,4-7H2,1-3H3. The summed E-state index contributed by atoms with van der Waals surface area (Å²) in [5, 5.41) is 0.597. The number of piperidine rings is 1. The topological polar surface area (TPSA) is 58.0 Å². The first-order valence-electron chi connectivity index (χ1n) is 7.80. The second-order valence-electron chi connectivity index (χ2n) is 5.94. The summed E-state index contributed by atoms with van der Waals surface area (Å²) in [7, 11) is 2.05. The molecule has 0 radical (unpaired) electrons. The van der Waals surface area contributed by atoms with E-state index in [1.807, 2.05) is 20.9 Å². The molecule has 0 atom stereocenters. The Hall–Kier alpha value is -1.95. The van der Waals surface area contributed by atoms with Crippen LogP contribution in [0.3, 0.4) is 0 Å². The van der Waals surface area contributed by atoms with Crippen molar-refractivity contribution >= 4 is 23.2 Å². The van der Waals surface area contributed by atoms with Crippen molar-refractivity contribution in [2.45, 2.75) is 32.7 Å². The molecule has 0 saturated carbocycles. The molecule has 0 amide bonds. The van der Waals surface area contributed by atoms with E-state index in [0.717, 1.165) is 49.1 Å². The molecular formula is C16H21ClN6. The molecule has 2 aromatic heterocycles. The van der Waals surface area contributed by atoms with Gasteiger partial charge in [0.15, 0.2) is 5.82 Å². The van der Waals surface area contributed by atoms with Crippen LogP contribution in [0.2, 0.25) is 5.02 Å². The monoisotopic (exact) mass is 332 g/mol. The SMILES string of the molecule is Cc1cc(N2CCC(N(C)c3ncncc3Cl)CC2)nc(C)n1. The molecule has 0 bridgehead atoms. The van der Waals surface area contributed by atoms with Gasteiger partial charge in [-0.2, -0.15) is 0 Å². The minimum atomic E-state index is 0.419. The molecule has 0 aliphatic carbocycles. The average molecular weight is 333 g/mol. The minimum absolute atomic E-state index is 0.419. The molecule has 0 aromatic carbocycles. The summed E-state index contributed by atoms with van der Waals surface area (Å²) in [5.74, 6) is 2.65. The molecule has 122 valence electrons. The molecule has 0 spiro atoms. The molecule has 7 heteroatoms. The smallest absolute Gasteiger partial charge is 0.150 e. The lowest BCUT2D eigenvalue weighted by Crippen LogP contribution is -2.44. The summed E-state index contributed by atoms with van der Waals surface area (Å²) in [6.07, 6.45) is 5.26. The molecule has 3 heterocycles. The molecule has 1 aliphatic heterocycles. The van der Waals surface area contributed by atoms with Crippen LogP contribution >= 0.6 is 11.6 Å². The molecule has 1 fully saturated rings. The van der Waals surface area contributed by atoms with E-state index in [9.17, 15) is 0 Å². The number of aromatic nitrogens is 4. The van der Waals surface area contributed by atoms with Gasteiger partial charge < -0.3 is 9.80 Å². The van der Waals surface area contributed by atoms with Gasteiger partial charge in [0, 0.05) is 37.9 Å². The van der Waals surface area contributed by atoms with Crippen molar-refractivity contribution in [3.05, 3.63) is 35.1 Å². The Morgan fingerprint density at radius 3 is 2.61 bits per heavy atom. The quantitative estimate of drug-likeness (QED) is 0.861. The lowest BCUT2D eigenvalue weighted by atomic mass is 10.0. The highest BCUT2D eigenvalue weighted by Gasteiger charge is 2.25. The first-order chi connectivity index (χ1) is 11.0. The van der Waals surface area contributed by atoms with Crippen LogP contribution in [0.4, 0.5) is 11.6 Å². The molecule has 23 heavy (non-hydrogen) atoms. The maximum Gasteiger partial charge on any atom is 0.150 e. The van der Waals surface area contributed by atoms with E-state index in [-0.39, 0.29) is 0 Å². The number of nitrogens with zero attached hydrogens (tertiary/aromatic N) is 6. The fourth-order valence-electron chi connectivity index (χ4n) is 3.08.